The van der Waals surface area contributed by atoms with Crippen molar-refractivity contribution in [3.05, 3.63) is 76.3 Å². The van der Waals surface area contributed by atoms with Crippen molar-refractivity contribution in [2.45, 2.75) is 26.2 Å². The highest BCUT2D eigenvalue weighted by atomic mass is 35.5. The zero-order chi connectivity index (χ0) is 22.7. The SMILES string of the molecule is CC[C@H](C)c1ccc(OCC(=O)Nc2cc(-c3nc4cc(Cl)ccc4o3)ccc2Cl)cc1. The van der Waals surface area contributed by atoms with Gasteiger partial charge in [-0.15, -0.1) is 0 Å². The molecule has 7 heteroatoms. The highest BCUT2D eigenvalue weighted by Crippen LogP contribution is 2.31. The van der Waals surface area contributed by atoms with Crippen LogP contribution in [0.15, 0.2) is 65.1 Å². The zero-order valence-corrected chi connectivity index (χ0v) is 19.2. The number of oxazole rings is 1. The minimum atomic E-state index is -0.320. The highest BCUT2D eigenvalue weighted by molar-refractivity contribution is 6.33. The van der Waals surface area contributed by atoms with E-state index >= 15 is 0 Å². The molecule has 1 N–H and O–H groups in total. The van der Waals surface area contributed by atoms with Crippen LogP contribution in [0, 0.1) is 0 Å². The Hall–Kier alpha value is -3.02. The molecule has 0 aliphatic rings. The molecule has 3 aromatic carbocycles. The topological polar surface area (TPSA) is 64.4 Å². The summed E-state index contributed by atoms with van der Waals surface area (Å²) in [4.78, 5) is 16.9. The fourth-order valence-electron chi connectivity index (χ4n) is 3.24. The second-order valence-corrected chi connectivity index (χ2v) is 8.38. The first-order valence-electron chi connectivity index (χ1n) is 10.3. The Kier molecular flexibility index (Phi) is 6.68. The first kappa shape index (κ1) is 22.2. The van der Waals surface area contributed by atoms with Gasteiger partial charge in [0.25, 0.3) is 5.91 Å². The molecule has 32 heavy (non-hydrogen) atoms. The molecule has 1 amide bonds. The number of benzene rings is 3. The molecule has 0 saturated carbocycles. The standard InChI is InChI=1S/C25H22Cl2N2O3/c1-3-15(2)16-4-8-19(9-5-16)31-14-24(30)28-21-12-17(6-10-20(21)27)25-29-22-13-18(26)7-11-23(22)32-25/h4-13,15H,3,14H2,1-2H3,(H,28,30)/t15-/m0/s1. The van der Waals surface area contributed by atoms with Crippen molar-refractivity contribution in [2.75, 3.05) is 11.9 Å². The largest absolute Gasteiger partial charge is 0.484 e. The lowest BCUT2D eigenvalue weighted by molar-refractivity contribution is -0.118. The second kappa shape index (κ2) is 9.63. The molecule has 5 nitrogen and oxygen atoms in total. The fourth-order valence-corrected chi connectivity index (χ4v) is 3.57. The maximum absolute atomic E-state index is 12.4. The van der Waals surface area contributed by atoms with E-state index in [1.54, 1.807) is 36.4 Å². The molecule has 0 spiro atoms. The van der Waals surface area contributed by atoms with Crippen molar-refractivity contribution in [1.29, 1.82) is 0 Å². The normalized spacial score (nSPS) is 12.0. The molecule has 0 aliphatic heterocycles. The third kappa shape index (κ3) is 5.06. The van der Waals surface area contributed by atoms with E-state index in [-0.39, 0.29) is 12.5 Å². The van der Waals surface area contributed by atoms with E-state index in [1.165, 1.54) is 5.56 Å². The predicted octanol–water partition coefficient (Wildman–Crippen LogP) is 7.33. The van der Waals surface area contributed by atoms with E-state index in [2.05, 4.69) is 24.1 Å². The molecule has 164 valence electrons. The summed E-state index contributed by atoms with van der Waals surface area (Å²) < 4.78 is 11.4. The van der Waals surface area contributed by atoms with Gasteiger partial charge in [-0.1, -0.05) is 49.2 Å². The molecule has 0 unspecified atom stereocenters. The summed E-state index contributed by atoms with van der Waals surface area (Å²) in [6.45, 7) is 4.20. The first-order valence-corrected chi connectivity index (χ1v) is 11.1. The number of nitrogens with zero attached hydrogens (tertiary/aromatic N) is 1. The van der Waals surface area contributed by atoms with Gasteiger partial charge >= 0.3 is 0 Å². The summed E-state index contributed by atoms with van der Waals surface area (Å²) in [6.07, 6.45) is 1.07. The summed E-state index contributed by atoms with van der Waals surface area (Å²) in [5, 5.41) is 3.77. The van der Waals surface area contributed by atoms with Gasteiger partial charge in [0.1, 0.15) is 11.3 Å². The molecule has 1 heterocycles. The first-order chi connectivity index (χ1) is 15.4. The van der Waals surface area contributed by atoms with E-state index in [0.717, 1.165) is 6.42 Å². The third-order valence-corrected chi connectivity index (χ3v) is 5.83. The number of ether oxygens (including phenoxy) is 1. The number of nitrogens with one attached hydrogen (secondary N) is 1. The van der Waals surface area contributed by atoms with Crippen LogP contribution in [0.3, 0.4) is 0 Å². The Morgan fingerprint density at radius 1 is 1.09 bits per heavy atom. The molecule has 0 fully saturated rings. The van der Waals surface area contributed by atoms with Gasteiger partial charge in [0.05, 0.1) is 10.7 Å². The molecule has 4 rings (SSSR count). The average molecular weight is 469 g/mol. The maximum atomic E-state index is 12.4. The summed E-state index contributed by atoms with van der Waals surface area (Å²) in [7, 11) is 0. The average Bonchev–Trinajstić information content (AvgIpc) is 3.22. The molecular weight excluding hydrogens is 447 g/mol. The number of halogens is 2. The number of carbonyl (C=O) groups is 1. The summed E-state index contributed by atoms with van der Waals surface area (Å²) >= 11 is 12.3. The van der Waals surface area contributed by atoms with Gasteiger partial charge < -0.3 is 14.5 Å². The zero-order valence-electron chi connectivity index (χ0n) is 17.7. The van der Waals surface area contributed by atoms with Crippen molar-refractivity contribution in [3.8, 4) is 17.2 Å². The van der Waals surface area contributed by atoms with Crippen LogP contribution >= 0.6 is 23.2 Å². The number of amides is 1. The molecule has 0 aliphatic carbocycles. The van der Waals surface area contributed by atoms with Gasteiger partial charge in [0.2, 0.25) is 5.89 Å². The van der Waals surface area contributed by atoms with Crippen molar-refractivity contribution < 1.29 is 13.9 Å². The van der Waals surface area contributed by atoms with Gasteiger partial charge in [0.15, 0.2) is 12.2 Å². The summed E-state index contributed by atoms with van der Waals surface area (Å²) in [5.41, 5.74) is 3.65. The van der Waals surface area contributed by atoms with E-state index in [1.807, 2.05) is 24.3 Å². The van der Waals surface area contributed by atoms with E-state index in [9.17, 15) is 4.79 Å². The lowest BCUT2D eigenvalue weighted by Crippen LogP contribution is -2.20. The molecule has 0 radical (unpaired) electrons. The third-order valence-electron chi connectivity index (χ3n) is 5.27. The van der Waals surface area contributed by atoms with Crippen LogP contribution in [0.2, 0.25) is 10.0 Å². The van der Waals surface area contributed by atoms with Crippen LogP contribution in [0.5, 0.6) is 5.75 Å². The van der Waals surface area contributed by atoms with Crippen LogP contribution in [-0.4, -0.2) is 17.5 Å². The van der Waals surface area contributed by atoms with Gasteiger partial charge in [0, 0.05) is 10.6 Å². The predicted molar refractivity (Wildman–Crippen MR) is 129 cm³/mol. The molecular formula is C25H22Cl2N2O3. The number of hydrogen-bond donors (Lipinski definition) is 1. The molecule has 0 bridgehead atoms. The number of aromatic nitrogens is 1. The van der Waals surface area contributed by atoms with E-state index < -0.39 is 0 Å². The Balaban J connectivity index is 1.43. The molecule has 4 aromatic rings. The Morgan fingerprint density at radius 2 is 1.88 bits per heavy atom. The van der Waals surface area contributed by atoms with Crippen LogP contribution in [-0.2, 0) is 4.79 Å². The van der Waals surface area contributed by atoms with Crippen molar-refractivity contribution in [1.82, 2.24) is 4.98 Å². The van der Waals surface area contributed by atoms with E-state index in [4.69, 9.17) is 32.4 Å². The number of anilines is 1. The second-order valence-electron chi connectivity index (χ2n) is 7.54. The van der Waals surface area contributed by atoms with Crippen molar-refractivity contribution in [3.63, 3.8) is 0 Å². The number of carbonyl (C=O) groups excluding carboxylic acids is 1. The van der Waals surface area contributed by atoms with Gasteiger partial charge in [-0.3, -0.25) is 4.79 Å². The number of rotatable bonds is 7. The highest BCUT2D eigenvalue weighted by Gasteiger charge is 2.13. The maximum Gasteiger partial charge on any atom is 0.262 e. The minimum Gasteiger partial charge on any atom is -0.484 e. The quantitative estimate of drug-likeness (QED) is 0.308. The molecule has 0 saturated heterocycles. The lowest BCUT2D eigenvalue weighted by atomic mass is 9.99. The molecule has 1 atom stereocenters. The van der Waals surface area contributed by atoms with Gasteiger partial charge in [-0.25, -0.2) is 4.98 Å². The van der Waals surface area contributed by atoms with Crippen LogP contribution in [0.4, 0.5) is 5.69 Å². The molecule has 1 aromatic heterocycles. The van der Waals surface area contributed by atoms with Crippen LogP contribution in [0.25, 0.3) is 22.6 Å². The number of fused-ring (bicyclic) bond motifs is 1. The monoisotopic (exact) mass is 468 g/mol. The Bertz CT molecular complexity index is 1250. The van der Waals surface area contributed by atoms with Gasteiger partial charge in [-0.05, 0) is 66.4 Å². The van der Waals surface area contributed by atoms with Crippen molar-refractivity contribution >= 4 is 45.9 Å². The smallest absolute Gasteiger partial charge is 0.262 e. The Morgan fingerprint density at radius 3 is 2.62 bits per heavy atom. The van der Waals surface area contributed by atoms with Gasteiger partial charge in [-0.2, -0.15) is 0 Å². The van der Waals surface area contributed by atoms with E-state index in [0.29, 0.717) is 50.0 Å². The minimum absolute atomic E-state index is 0.134. The summed E-state index contributed by atoms with van der Waals surface area (Å²) in [6, 6.07) is 18.2. The lowest BCUT2D eigenvalue weighted by Gasteiger charge is -2.11. The summed E-state index contributed by atoms with van der Waals surface area (Å²) in [5.74, 6) is 1.21. The van der Waals surface area contributed by atoms with Crippen LogP contribution in [0.1, 0.15) is 31.7 Å². The fraction of sp³-hybridized carbons (Fsp3) is 0.200. The van der Waals surface area contributed by atoms with Crippen molar-refractivity contribution in [2.24, 2.45) is 0 Å². The van der Waals surface area contributed by atoms with Crippen LogP contribution < -0.4 is 10.1 Å². The Labute approximate surface area is 196 Å². The number of hydrogen-bond acceptors (Lipinski definition) is 4.